The van der Waals surface area contributed by atoms with Crippen LogP contribution in [-0.2, 0) is 9.59 Å². The second-order valence-corrected chi connectivity index (χ2v) is 2.86. The molecule has 2 N–H and O–H groups in total. The third-order valence-electron chi connectivity index (χ3n) is 1.49. The minimum absolute atomic E-state index is 0.130. The van der Waals surface area contributed by atoms with Crippen LogP contribution in [0.3, 0.4) is 0 Å². The van der Waals surface area contributed by atoms with Crippen molar-refractivity contribution in [3.05, 3.63) is 0 Å². The summed E-state index contributed by atoms with van der Waals surface area (Å²) in [6.45, 7) is 2.85. The fraction of sp³-hybridized carbons (Fsp3) is 0.625. The van der Waals surface area contributed by atoms with Gasteiger partial charge in [0, 0.05) is 12.8 Å². The van der Waals surface area contributed by atoms with Crippen LogP contribution in [0.2, 0.25) is 0 Å². The largest absolute Gasteiger partial charge is 0.480 e. The van der Waals surface area contributed by atoms with Gasteiger partial charge in [0.15, 0.2) is 0 Å². The lowest BCUT2D eigenvalue weighted by molar-refractivity contribution is -0.141. The van der Waals surface area contributed by atoms with E-state index in [1.54, 1.807) is 6.92 Å². The Morgan fingerprint density at radius 2 is 2.15 bits per heavy atom. The molecule has 0 aliphatic heterocycles. The van der Waals surface area contributed by atoms with Crippen molar-refractivity contribution in [2.24, 2.45) is 5.92 Å². The normalized spacial score (nSPS) is 13.9. The van der Waals surface area contributed by atoms with Crippen LogP contribution in [0.1, 0.15) is 20.3 Å². The lowest BCUT2D eigenvalue weighted by Crippen LogP contribution is -2.40. The molecule has 0 heterocycles. The Morgan fingerprint density at radius 1 is 1.62 bits per heavy atom. The summed E-state index contributed by atoms with van der Waals surface area (Å²) in [5, 5.41) is 19.3. The van der Waals surface area contributed by atoms with E-state index < -0.39 is 17.9 Å². The Bertz CT molecular complexity index is 244. The number of hydrogen-bond acceptors (Lipinski definition) is 3. The second kappa shape index (κ2) is 5.14. The molecule has 72 valence electrons. The molecule has 0 aliphatic rings. The predicted molar refractivity (Wildman–Crippen MR) is 44.6 cm³/mol. The van der Waals surface area contributed by atoms with Crippen LogP contribution in [0.15, 0.2) is 0 Å². The molecule has 0 aromatic rings. The third-order valence-corrected chi connectivity index (χ3v) is 1.49. The number of amides is 1. The van der Waals surface area contributed by atoms with Gasteiger partial charge in [0.05, 0.1) is 6.07 Å². The Labute approximate surface area is 76.4 Å². The summed E-state index contributed by atoms with van der Waals surface area (Å²) >= 11 is 0. The van der Waals surface area contributed by atoms with E-state index in [9.17, 15) is 9.59 Å². The number of hydrogen-bond donors (Lipinski definition) is 2. The number of carboxylic acids is 1. The van der Waals surface area contributed by atoms with Gasteiger partial charge in [-0.15, -0.1) is 0 Å². The van der Waals surface area contributed by atoms with Crippen LogP contribution in [0.5, 0.6) is 0 Å². The van der Waals surface area contributed by atoms with Gasteiger partial charge in [0.25, 0.3) is 0 Å². The first-order chi connectivity index (χ1) is 5.97. The molecule has 13 heavy (non-hydrogen) atoms. The maximum Gasteiger partial charge on any atom is 0.326 e. The third kappa shape index (κ3) is 4.80. The van der Waals surface area contributed by atoms with E-state index in [-0.39, 0.29) is 12.3 Å². The van der Waals surface area contributed by atoms with Gasteiger partial charge in [-0.25, -0.2) is 4.79 Å². The number of carbonyl (C=O) groups is 2. The summed E-state index contributed by atoms with van der Waals surface area (Å²) in [5.74, 6) is -1.90. The van der Waals surface area contributed by atoms with E-state index in [0.717, 1.165) is 0 Å². The SMILES string of the molecule is CC(=O)N[C@@H](C[C@H](C)C#N)C(=O)O. The summed E-state index contributed by atoms with van der Waals surface area (Å²) < 4.78 is 0. The fourth-order valence-corrected chi connectivity index (χ4v) is 0.873. The summed E-state index contributed by atoms with van der Waals surface area (Å²) in [6.07, 6.45) is 0.130. The van der Waals surface area contributed by atoms with Crippen molar-refractivity contribution in [1.82, 2.24) is 5.32 Å². The zero-order valence-electron chi connectivity index (χ0n) is 7.57. The molecule has 0 aromatic carbocycles. The molecule has 0 bridgehead atoms. The van der Waals surface area contributed by atoms with E-state index in [2.05, 4.69) is 5.32 Å². The molecule has 0 fully saturated rings. The highest BCUT2D eigenvalue weighted by Gasteiger charge is 2.20. The highest BCUT2D eigenvalue weighted by molar-refractivity contribution is 5.82. The molecule has 0 radical (unpaired) electrons. The molecule has 0 saturated heterocycles. The molecular formula is C8H12N2O3. The van der Waals surface area contributed by atoms with E-state index in [1.807, 2.05) is 6.07 Å². The van der Waals surface area contributed by atoms with Crippen molar-refractivity contribution in [1.29, 1.82) is 5.26 Å². The highest BCUT2D eigenvalue weighted by Crippen LogP contribution is 2.04. The number of nitrogens with one attached hydrogen (secondary N) is 1. The van der Waals surface area contributed by atoms with Crippen molar-refractivity contribution in [3.63, 3.8) is 0 Å². The number of carbonyl (C=O) groups excluding carboxylic acids is 1. The average molecular weight is 184 g/mol. The molecule has 0 spiro atoms. The maximum atomic E-state index is 10.6. The van der Waals surface area contributed by atoms with Gasteiger partial charge in [0.1, 0.15) is 6.04 Å². The van der Waals surface area contributed by atoms with Crippen LogP contribution in [0, 0.1) is 17.2 Å². The number of rotatable bonds is 4. The molecule has 5 heteroatoms. The molecule has 0 saturated carbocycles. The lowest BCUT2D eigenvalue weighted by atomic mass is 10.0. The van der Waals surface area contributed by atoms with E-state index in [1.165, 1.54) is 6.92 Å². The summed E-state index contributed by atoms with van der Waals surface area (Å²) in [6, 6.07) is 0.943. The first-order valence-electron chi connectivity index (χ1n) is 3.87. The predicted octanol–water partition coefficient (Wildman–Crippen LogP) is 0.125. The fourth-order valence-electron chi connectivity index (χ4n) is 0.873. The van der Waals surface area contributed by atoms with Gasteiger partial charge in [0.2, 0.25) is 5.91 Å². The van der Waals surface area contributed by atoms with E-state index >= 15 is 0 Å². The van der Waals surface area contributed by atoms with Crippen molar-refractivity contribution in [2.75, 3.05) is 0 Å². The van der Waals surface area contributed by atoms with Gasteiger partial charge in [-0.05, 0) is 13.3 Å². The van der Waals surface area contributed by atoms with Crippen LogP contribution >= 0.6 is 0 Å². The monoisotopic (exact) mass is 184 g/mol. The summed E-state index contributed by atoms with van der Waals surface area (Å²) in [5.41, 5.74) is 0. The highest BCUT2D eigenvalue weighted by atomic mass is 16.4. The topological polar surface area (TPSA) is 90.2 Å². The van der Waals surface area contributed by atoms with Crippen molar-refractivity contribution in [2.45, 2.75) is 26.3 Å². The van der Waals surface area contributed by atoms with Gasteiger partial charge in [-0.2, -0.15) is 5.26 Å². The van der Waals surface area contributed by atoms with E-state index in [0.29, 0.717) is 0 Å². The Kier molecular flexibility index (Phi) is 4.52. The number of carboxylic acid groups (broad SMARTS) is 1. The average Bonchev–Trinajstić information content (AvgIpc) is 2.02. The van der Waals surface area contributed by atoms with Gasteiger partial charge >= 0.3 is 5.97 Å². The summed E-state index contributed by atoms with van der Waals surface area (Å²) in [4.78, 5) is 21.1. The smallest absolute Gasteiger partial charge is 0.326 e. The molecule has 0 aromatic heterocycles. The molecule has 5 nitrogen and oxygen atoms in total. The lowest BCUT2D eigenvalue weighted by Gasteiger charge is -2.13. The molecular weight excluding hydrogens is 172 g/mol. The minimum atomic E-state index is -1.11. The second-order valence-electron chi connectivity index (χ2n) is 2.86. The number of nitriles is 1. The zero-order chi connectivity index (χ0) is 10.4. The number of nitrogens with zero attached hydrogens (tertiary/aromatic N) is 1. The van der Waals surface area contributed by atoms with Gasteiger partial charge < -0.3 is 10.4 Å². The quantitative estimate of drug-likeness (QED) is 0.649. The maximum absolute atomic E-state index is 10.6. The molecule has 0 unspecified atom stereocenters. The van der Waals surface area contributed by atoms with Crippen molar-refractivity contribution < 1.29 is 14.7 Å². The first-order valence-corrected chi connectivity index (χ1v) is 3.87. The number of aliphatic carboxylic acids is 1. The van der Waals surface area contributed by atoms with Crippen LogP contribution in [-0.4, -0.2) is 23.0 Å². The molecule has 0 aliphatic carbocycles. The van der Waals surface area contributed by atoms with Gasteiger partial charge in [-0.1, -0.05) is 0 Å². The first kappa shape index (κ1) is 11.4. The molecule has 0 rings (SSSR count). The van der Waals surface area contributed by atoms with Crippen LogP contribution in [0.4, 0.5) is 0 Å². The minimum Gasteiger partial charge on any atom is -0.480 e. The zero-order valence-corrected chi connectivity index (χ0v) is 7.57. The Hall–Kier alpha value is -1.57. The van der Waals surface area contributed by atoms with Crippen molar-refractivity contribution >= 4 is 11.9 Å². The Morgan fingerprint density at radius 3 is 2.46 bits per heavy atom. The standard InChI is InChI=1S/C8H12N2O3/c1-5(4-9)3-7(8(12)13)10-6(2)11/h5,7H,3H2,1-2H3,(H,10,11)(H,12,13)/t5-,7-/m0/s1. The van der Waals surface area contributed by atoms with Gasteiger partial charge in [-0.3, -0.25) is 4.79 Å². The van der Waals surface area contributed by atoms with E-state index in [4.69, 9.17) is 10.4 Å². The molecule has 2 atom stereocenters. The summed E-state index contributed by atoms with van der Waals surface area (Å²) in [7, 11) is 0. The molecule has 1 amide bonds. The van der Waals surface area contributed by atoms with Crippen LogP contribution < -0.4 is 5.32 Å². The van der Waals surface area contributed by atoms with Crippen LogP contribution in [0.25, 0.3) is 0 Å². The Balaban J connectivity index is 4.20. The van der Waals surface area contributed by atoms with Crippen molar-refractivity contribution in [3.8, 4) is 6.07 Å².